The van der Waals surface area contributed by atoms with Crippen LogP contribution in [-0.4, -0.2) is 26.6 Å². The molecular weight excluding hydrogens is 308 g/mol. The van der Waals surface area contributed by atoms with Crippen LogP contribution in [-0.2, 0) is 0 Å². The minimum absolute atomic E-state index is 0.111. The molecule has 23 heavy (non-hydrogen) atoms. The molecule has 0 unspecified atom stereocenters. The largest absolute Gasteiger partial charge is 0.337 e. The summed E-state index contributed by atoms with van der Waals surface area (Å²) in [4.78, 5) is 11.2. The van der Waals surface area contributed by atoms with Gasteiger partial charge in [0.15, 0.2) is 0 Å². The van der Waals surface area contributed by atoms with Gasteiger partial charge in [-0.25, -0.2) is 0 Å². The van der Waals surface area contributed by atoms with E-state index >= 15 is 0 Å². The lowest BCUT2D eigenvalue weighted by Crippen LogP contribution is -2.26. The Labute approximate surface area is 139 Å². The molecule has 1 saturated heterocycles. The molecule has 1 fully saturated rings. The molecule has 0 aromatic carbocycles. The molecule has 3 aromatic heterocycles. The smallest absolute Gasteiger partial charge is 0.244 e. The minimum atomic E-state index is 0.111. The van der Waals surface area contributed by atoms with E-state index in [1.807, 2.05) is 12.1 Å². The maximum atomic E-state index is 5.53. The maximum absolute atomic E-state index is 5.53. The van der Waals surface area contributed by atoms with Crippen LogP contribution in [0.25, 0.3) is 11.4 Å². The van der Waals surface area contributed by atoms with Gasteiger partial charge < -0.3 is 4.52 Å². The van der Waals surface area contributed by atoms with E-state index in [1.54, 1.807) is 23.7 Å². The van der Waals surface area contributed by atoms with Crippen LogP contribution in [0.5, 0.6) is 0 Å². The summed E-state index contributed by atoms with van der Waals surface area (Å²) in [6.45, 7) is 3.21. The standard InChI is InChI=1S/C17H18N4OS/c1-12(21-8-3-5-15(21)14-6-9-23-11-14)17-19-16(20-22-17)13-4-2-7-18-10-13/h2,4,6-7,9-12,15H,3,5,8H2,1H3/t12-,15-/m0/s1. The summed E-state index contributed by atoms with van der Waals surface area (Å²) in [5, 5.41) is 8.50. The van der Waals surface area contributed by atoms with Crippen molar-refractivity contribution in [2.75, 3.05) is 6.54 Å². The first-order valence-electron chi connectivity index (χ1n) is 7.85. The molecule has 0 N–H and O–H groups in total. The summed E-state index contributed by atoms with van der Waals surface area (Å²) < 4.78 is 5.53. The molecule has 5 nitrogen and oxygen atoms in total. The van der Waals surface area contributed by atoms with Crippen LogP contribution in [0.3, 0.4) is 0 Å². The van der Waals surface area contributed by atoms with E-state index in [2.05, 4.69) is 43.8 Å². The van der Waals surface area contributed by atoms with E-state index < -0.39 is 0 Å². The SMILES string of the molecule is C[C@@H](c1nc(-c2cccnc2)no1)N1CCC[C@H]1c1ccsc1. The van der Waals surface area contributed by atoms with Crippen molar-refractivity contribution in [3.05, 3.63) is 52.8 Å². The van der Waals surface area contributed by atoms with Crippen molar-refractivity contribution in [1.29, 1.82) is 0 Å². The lowest BCUT2D eigenvalue weighted by atomic mass is 10.1. The number of thiophene rings is 1. The average Bonchev–Trinajstić information content (AvgIpc) is 3.34. The monoisotopic (exact) mass is 326 g/mol. The number of pyridine rings is 1. The van der Waals surface area contributed by atoms with Gasteiger partial charge in [-0.3, -0.25) is 9.88 Å². The highest BCUT2D eigenvalue weighted by Crippen LogP contribution is 2.38. The number of nitrogens with zero attached hydrogens (tertiary/aromatic N) is 4. The first kappa shape index (κ1) is 14.5. The van der Waals surface area contributed by atoms with Crippen LogP contribution >= 0.6 is 11.3 Å². The molecule has 6 heteroatoms. The number of likely N-dealkylation sites (tertiary alicyclic amines) is 1. The quantitative estimate of drug-likeness (QED) is 0.723. The molecule has 4 rings (SSSR count). The second-order valence-electron chi connectivity index (χ2n) is 5.83. The van der Waals surface area contributed by atoms with Gasteiger partial charge in [0.2, 0.25) is 11.7 Å². The van der Waals surface area contributed by atoms with Gasteiger partial charge >= 0.3 is 0 Å². The van der Waals surface area contributed by atoms with E-state index in [0.29, 0.717) is 17.8 Å². The molecule has 0 radical (unpaired) electrons. The highest BCUT2D eigenvalue weighted by Gasteiger charge is 2.33. The van der Waals surface area contributed by atoms with Crippen molar-refractivity contribution in [1.82, 2.24) is 20.0 Å². The Morgan fingerprint density at radius 1 is 1.39 bits per heavy atom. The number of aromatic nitrogens is 3. The molecule has 0 spiro atoms. The van der Waals surface area contributed by atoms with Gasteiger partial charge in [0.05, 0.1) is 6.04 Å². The first-order valence-corrected chi connectivity index (χ1v) is 8.79. The number of hydrogen-bond acceptors (Lipinski definition) is 6. The zero-order valence-corrected chi connectivity index (χ0v) is 13.7. The number of rotatable bonds is 4. The van der Waals surface area contributed by atoms with Gasteiger partial charge in [-0.1, -0.05) is 5.16 Å². The molecule has 1 aliphatic heterocycles. The lowest BCUT2D eigenvalue weighted by Gasteiger charge is -2.27. The van der Waals surface area contributed by atoms with Crippen molar-refractivity contribution in [3.8, 4) is 11.4 Å². The van der Waals surface area contributed by atoms with Crippen LogP contribution < -0.4 is 0 Å². The molecule has 3 aromatic rings. The van der Waals surface area contributed by atoms with Gasteiger partial charge in [0.1, 0.15) is 0 Å². The van der Waals surface area contributed by atoms with E-state index in [0.717, 1.165) is 12.1 Å². The van der Waals surface area contributed by atoms with Gasteiger partial charge in [-0.2, -0.15) is 16.3 Å². The Morgan fingerprint density at radius 2 is 2.35 bits per heavy atom. The third-order valence-electron chi connectivity index (χ3n) is 4.44. The summed E-state index contributed by atoms with van der Waals surface area (Å²) in [6, 6.07) is 6.60. The van der Waals surface area contributed by atoms with Gasteiger partial charge in [-0.15, -0.1) is 0 Å². The zero-order chi connectivity index (χ0) is 15.6. The van der Waals surface area contributed by atoms with Gasteiger partial charge in [0.25, 0.3) is 0 Å². The van der Waals surface area contributed by atoms with Crippen molar-refractivity contribution in [2.45, 2.75) is 31.8 Å². The summed E-state index contributed by atoms with van der Waals surface area (Å²) in [5.74, 6) is 1.28. The molecule has 0 aliphatic carbocycles. The maximum Gasteiger partial charge on any atom is 0.244 e. The third kappa shape index (κ3) is 2.80. The van der Waals surface area contributed by atoms with Crippen LogP contribution in [0.15, 0.2) is 45.9 Å². The van der Waals surface area contributed by atoms with Crippen LogP contribution in [0.4, 0.5) is 0 Å². The Kier molecular flexibility index (Phi) is 3.93. The molecule has 4 heterocycles. The van der Waals surface area contributed by atoms with Crippen molar-refractivity contribution >= 4 is 11.3 Å². The summed E-state index contributed by atoms with van der Waals surface area (Å²) in [5.41, 5.74) is 2.27. The molecule has 2 atom stereocenters. The van der Waals surface area contributed by atoms with Crippen molar-refractivity contribution < 1.29 is 4.52 Å². The fourth-order valence-corrected chi connectivity index (χ4v) is 3.94. The lowest BCUT2D eigenvalue weighted by molar-refractivity contribution is 0.159. The second-order valence-corrected chi connectivity index (χ2v) is 6.61. The fourth-order valence-electron chi connectivity index (χ4n) is 3.23. The predicted octanol–water partition coefficient (Wildman–Crippen LogP) is 4.09. The van der Waals surface area contributed by atoms with Gasteiger partial charge in [0, 0.05) is 24.0 Å². The molecule has 118 valence electrons. The Morgan fingerprint density at radius 3 is 3.13 bits per heavy atom. The summed E-state index contributed by atoms with van der Waals surface area (Å²) in [6.07, 6.45) is 5.88. The first-order chi connectivity index (χ1) is 11.3. The zero-order valence-electron chi connectivity index (χ0n) is 12.9. The molecule has 0 saturated carbocycles. The molecule has 0 amide bonds. The highest BCUT2D eigenvalue weighted by molar-refractivity contribution is 7.07. The molecule has 1 aliphatic rings. The predicted molar refractivity (Wildman–Crippen MR) is 88.9 cm³/mol. The average molecular weight is 326 g/mol. The second kappa shape index (κ2) is 6.22. The number of hydrogen-bond donors (Lipinski definition) is 0. The van der Waals surface area contributed by atoms with E-state index in [1.165, 1.54) is 18.4 Å². The topological polar surface area (TPSA) is 55.1 Å². The van der Waals surface area contributed by atoms with E-state index in [9.17, 15) is 0 Å². The summed E-state index contributed by atoms with van der Waals surface area (Å²) in [7, 11) is 0. The third-order valence-corrected chi connectivity index (χ3v) is 5.14. The van der Waals surface area contributed by atoms with Crippen LogP contribution in [0.1, 0.15) is 43.3 Å². The fraction of sp³-hybridized carbons (Fsp3) is 0.353. The van der Waals surface area contributed by atoms with Gasteiger partial charge in [-0.05, 0) is 60.8 Å². The van der Waals surface area contributed by atoms with E-state index in [-0.39, 0.29) is 6.04 Å². The molecular formula is C17H18N4OS. The Balaban J connectivity index is 1.57. The normalized spacial score (nSPS) is 20.0. The molecule has 0 bridgehead atoms. The minimum Gasteiger partial charge on any atom is -0.337 e. The summed E-state index contributed by atoms with van der Waals surface area (Å²) >= 11 is 1.75. The van der Waals surface area contributed by atoms with E-state index in [4.69, 9.17) is 4.52 Å². The van der Waals surface area contributed by atoms with Crippen molar-refractivity contribution in [2.24, 2.45) is 0 Å². The van der Waals surface area contributed by atoms with Crippen molar-refractivity contribution in [3.63, 3.8) is 0 Å². The Hall–Kier alpha value is -2.05. The van der Waals surface area contributed by atoms with Crippen LogP contribution in [0.2, 0.25) is 0 Å². The van der Waals surface area contributed by atoms with Crippen LogP contribution in [0, 0.1) is 0 Å². The highest BCUT2D eigenvalue weighted by atomic mass is 32.1. The Bertz CT molecular complexity index is 756.